The predicted molar refractivity (Wildman–Crippen MR) is 71.3 cm³/mol. The fourth-order valence-corrected chi connectivity index (χ4v) is 1.26. The number of primary amides is 1. The summed E-state index contributed by atoms with van der Waals surface area (Å²) >= 11 is 3.52. The molecular weight excluding hydrogens is 266 g/mol. The van der Waals surface area contributed by atoms with Gasteiger partial charge in [-0.3, -0.25) is 9.35 Å². The molecule has 0 aromatic rings. The lowest BCUT2D eigenvalue weighted by molar-refractivity contribution is -0.113. The third-order valence-electron chi connectivity index (χ3n) is 0.745. The van der Waals surface area contributed by atoms with Crippen molar-refractivity contribution in [2.75, 3.05) is 5.75 Å². The van der Waals surface area contributed by atoms with Crippen molar-refractivity contribution in [1.82, 2.24) is 0 Å². The average molecular weight is 287 g/mol. The molecule has 8 heteroatoms. The molecule has 0 fully saturated rings. The average Bonchev–Trinajstić information content (AvgIpc) is 1.98. The van der Waals surface area contributed by atoms with Gasteiger partial charge in [0.2, 0.25) is 5.91 Å². The van der Waals surface area contributed by atoms with Gasteiger partial charge in [-0.2, -0.15) is 8.42 Å². The number of thiol groups is 1. The van der Waals surface area contributed by atoms with E-state index < -0.39 is 21.5 Å². The molecule has 0 heterocycles. The number of rotatable bonds is 3. The van der Waals surface area contributed by atoms with Gasteiger partial charge in [0.25, 0.3) is 10.1 Å². The van der Waals surface area contributed by atoms with Crippen molar-refractivity contribution in [3.8, 4) is 0 Å². The van der Waals surface area contributed by atoms with Crippen molar-refractivity contribution >= 4 is 28.7 Å². The van der Waals surface area contributed by atoms with Crippen molar-refractivity contribution in [3.63, 3.8) is 0 Å². The Balaban J connectivity index is -0.000000188. The van der Waals surface area contributed by atoms with Crippen LogP contribution in [0.1, 0.15) is 20.8 Å². The van der Waals surface area contributed by atoms with Gasteiger partial charge in [0, 0.05) is 0 Å². The molecule has 104 valence electrons. The molecule has 6 nitrogen and oxygen atoms in total. The minimum atomic E-state index is -3.72. The monoisotopic (exact) mass is 287 g/mol. The zero-order valence-electron chi connectivity index (χ0n) is 10.2. The highest BCUT2D eigenvalue weighted by Crippen LogP contribution is 1.95. The molecule has 0 aromatic carbocycles. The van der Waals surface area contributed by atoms with Gasteiger partial charge in [0.05, 0.1) is 11.2 Å². The number of nitrogens with two attached hydrogens (primary N) is 1. The Bertz CT molecular complexity index is 296. The van der Waals surface area contributed by atoms with Crippen LogP contribution < -0.4 is 5.73 Å². The molecule has 0 aliphatic carbocycles. The van der Waals surface area contributed by atoms with Crippen molar-refractivity contribution in [3.05, 3.63) is 12.7 Å². The maximum Gasteiger partial charge on any atom is 0.265 e. The lowest BCUT2D eigenvalue weighted by Gasteiger charge is -1.97. The van der Waals surface area contributed by atoms with E-state index in [9.17, 15) is 13.2 Å². The van der Waals surface area contributed by atoms with E-state index in [1.54, 1.807) is 20.8 Å². The molecule has 4 N–H and O–H groups in total. The first-order chi connectivity index (χ1) is 7.42. The van der Waals surface area contributed by atoms with Gasteiger partial charge >= 0.3 is 0 Å². The number of carbonyl (C=O) groups is 1. The van der Waals surface area contributed by atoms with Crippen LogP contribution in [0.3, 0.4) is 0 Å². The highest BCUT2D eigenvalue weighted by Gasteiger charge is 2.06. The normalized spacial score (nSPS) is 11.5. The summed E-state index contributed by atoms with van der Waals surface area (Å²) in [5, 5.41) is 7.92. The topological polar surface area (TPSA) is 118 Å². The molecule has 0 bridgehead atoms. The molecular formula is C9H21NO5S2. The molecule has 0 aliphatic rings. The van der Waals surface area contributed by atoms with E-state index in [0.717, 1.165) is 6.08 Å². The number of hydrogen-bond acceptors (Lipinski definition) is 5. The second kappa shape index (κ2) is 11.9. The zero-order chi connectivity index (χ0) is 14.6. The van der Waals surface area contributed by atoms with Crippen molar-refractivity contribution in [1.29, 1.82) is 0 Å². The molecule has 0 radical (unpaired) electrons. The van der Waals surface area contributed by atoms with Gasteiger partial charge in [-0.15, -0.1) is 12.6 Å². The van der Waals surface area contributed by atoms with Crippen LogP contribution in [0, 0.1) is 5.92 Å². The first-order valence-corrected chi connectivity index (χ1v) is 6.78. The Morgan fingerprint density at radius 3 is 1.71 bits per heavy atom. The minimum absolute atomic E-state index is 0.00463. The van der Waals surface area contributed by atoms with Crippen LogP contribution in [0.4, 0.5) is 0 Å². The van der Waals surface area contributed by atoms with Crippen LogP contribution in [0.15, 0.2) is 12.7 Å². The molecule has 1 atom stereocenters. The SMILES string of the molecule is C=CC(N)=O.CC(C)CS(=O)(=O)O.CC(O)S. The number of carbonyl (C=O) groups excluding carboxylic acids is 1. The Labute approximate surface area is 108 Å². The third-order valence-corrected chi connectivity index (χ3v) is 1.83. The number of hydrogen-bond donors (Lipinski definition) is 4. The fourth-order valence-electron chi connectivity index (χ4n) is 0.421. The molecule has 0 spiro atoms. The number of aliphatic hydroxyl groups is 1. The molecule has 0 aromatic heterocycles. The lowest BCUT2D eigenvalue weighted by atomic mass is 10.3. The van der Waals surface area contributed by atoms with E-state index in [1.807, 2.05) is 0 Å². The standard InChI is InChI=1S/C4H10O3S.C3H5NO.C2H6OS/c1-4(2)3-8(5,6)7;1-2-3(4)5;1-2(3)4/h4H,3H2,1-2H3,(H,5,6,7);2H,1H2,(H2,4,5);2-4H,1H3. The summed E-state index contributed by atoms with van der Waals surface area (Å²) in [7, 11) is -3.72. The maximum atomic E-state index is 10.00. The van der Waals surface area contributed by atoms with Gasteiger partial charge in [0.15, 0.2) is 0 Å². The molecule has 1 amide bonds. The predicted octanol–water partition coefficient (Wildman–Crippen LogP) is 0.442. The maximum absolute atomic E-state index is 10.00. The van der Waals surface area contributed by atoms with Crippen LogP contribution >= 0.6 is 12.6 Å². The van der Waals surface area contributed by atoms with Gasteiger partial charge in [-0.05, 0) is 18.9 Å². The van der Waals surface area contributed by atoms with E-state index in [4.69, 9.17) is 9.66 Å². The zero-order valence-corrected chi connectivity index (χ0v) is 11.9. The van der Waals surface area contributed by atoms with E-state index >= 15 is 0 Å². The highest BCUT2D eigenvalue weighted by atomic mass is 32.2. The summed E-state index contributed by atoms with van der Waals surface area (Å²) in [4.78, 5) is 9.47. The Morgan fingerprint density at radius 1 is 1.47 bits per heavy atom. The highest BCUT2D eigenvalue weighted by molar-refractivity contribution is 7.85. The summed E-state index contributed by atoms with van der Waals surface area (Å²) in [6.07, 6.45) is 1.06. The van der Waals surface area contributed by atoms with Crippen molar-refractivity contribution < 1.29 is 22.9 Å². The van der Waals surface area contributed by atoms with E-state index in [-0.39, 0.29) is 11.7 Å². The first kappa shape index (κ1) is 21.7. The molecule has 17 heavy (non-hydrogen) atoms. The quantitative estimate of drug-likeness (QED) is 0.260. The van der Waals surface area contributed by atoms with Gasteiger partial charge in [0.1, 0.15) is 0 Å². The number of amides is 1. The molecule has 0 saturated heterocycles. The van der Waals surface area contributed by atoms with Gasteiger partial charge < -0.3 is 10.8 Å². The van der Waals surface area contributed by atoms with Crippen LogP contribution in [0.5, 0.6) is 0 Å². The second-order valence-electron chi connectivity index (χ2n) is 3.38. The summed E-state index contributed by atoms with van der Waals surface area (Å²) in [5.74, 6) is -0.623. The van der Waals surface area contributed by atoms with Gasteiger partial charge in [-0.25, -0.2) is 0 Å². The van der Waals surface area contributed by atoms with Crippen LogP contribution in [0.25, 0.3) is 0 Å². The summed E-state index contributed by atoms with van der Waals surface area (Å²) in [5.41, 5.74) is 4.06. The van der Waals surface area contributed by atoms with E-state index in [0.29, 0.717) is 0 Å². The van der Waals surface area contributed by atoms with Gasteiger partial charge in [-0.1, -0.05) is 20.4 Å². The third kappa shape index (κ3) is 67.3. The van der Waals surface area contributed by atoms with Crippen molar-refractivity contribution in [2.24, 2.45) is 11.7 Å². The number of aliphatic hydroxyl groups excluding tert-OH is 1. The Hall–Kier alpha value is -0.570. The van der Waals surface area contributed by atoms with E-state index in [1.165, 1.54) is 0 Å². The summed E-state index contributed by atoms with van der Waals surface area (Å²) in [6, 6.07) is 0. The first-order valence-electron chi connectivity index (χ1n) is 4.65. The van der Waals surface area contributed by atoms with Crippen LogP contribution in [-0.4, -0.2) is 35.2 Å². The van der Waals surface area contributed by atoms with Crippen LogP contribution in [0.2, 0.25) is 0 Å². The second-order valence-corrected chi connectivity index (χ2v) is 5.63. The fraction of sp³-hybridized carbons (Fsp3) is 0.667. The molecule has 0 aliphatic heterocycles. The summed E-state index contributed by atoms with van der Waals surface area (Å²) in [6.45, 7) is 8.13. The van der Waals surface area contributed by atoms with Crippen LogP contribution in [-0.2, 0) is 14.9 Å². The largest absolute Gasteiger partial charge is 0.383 e. The minimum Gasteiger partial charge on any atom is -0.383 e. The molecule has 0 saturated carbocycles. The molecule has 0 rings (SSSR count). The Morgan fingerprint density at radius 2 is 1.71 bits per heavy atom. The van der Waals surface area contributed by atoms with Crippen molar-refractivity contribution in [2.45, 2.75) is 26.2 Å². The summed E-state index contributed by atoms with van der Waals surface area (Å²) < 4.78 is 28.2. The Kier molecular flexibility index (Phi) is 15.2. The van der Waals surface area contributed by atoms with E-state index in [2.05, 4.69) is 24.9 Å². The smallest absolute Gasteiger partial charge is 0.265 e. The molecule has 1 unspecified atom stereocenters. The lowest BCUT2D eigenvalue weighted by Crippen LogP contribution is -2.09.